The number of aromatic nitrogens is 2. The van der Waals surface area contributed by atoms with Gasteiger partial charge in [-0.1, -0.05) is 29.8 Å². The Kier molecular flexibility index (Phi) is 4.97. The van der Waals surface area contributed by atoms with Crippen LogP contribution in [0.1, 0.15) is 24.0 Å². The molecule has 4 nitrogen and oxygen atoms in total. The van der Waals surface area contributed by atoms with E-state index >= 15 is 0 Å². The summed E-state index contributed by atoms with van der Waals surface area (Å²) in [4.78, 5) is 4.76. The van der Waals surface area contributed by atoms with E-state index < -0.39 is 0 Å². The number of ether oxygens (including phenoxy) is 1. The second-order valence-electron chi connectivity index (χ2n) is 6.88. The maximum Gasteiger partial charge on any atom is 0.177 e. The Morgan fingerprint density at radius 3 is 2.70 bits per heavy atom. The van der Waals surface area contributed by atoms with E-state index in [9.17, 15) is 0 Å². The molecular formula is C23H24N2O2. The Morgan fingerprint density at radius 2 is 1.89 bits per heavy atom. The summed E-state index contributed by atoms with van der Waals surface area (Å²) >= 11 is 0. The molecule has 2 aromatic carbocycles. The van der Waals surface area contributed by atoms with E-state index in [1.54, 1.807) is 6.26 Å². The third-order valence-electron chi connectivity index (χ3n) is 4.76. The van der Waals surface area contributed by atoms with Crippen LogP contribution in [-0.4, -0.2) is 16.2 Å². The molecule has 0 bridgehead atoms. The van der Waals surface area contributed by atoms with Crippen LogP contribution in [0, 0.1) is 13.8 Å². The Balaban J connectivity index is 1.42. The van der Waals surface area contributed by atoms with Crippen LogP contribution in [0.2, 0.25) is 0 Å². The third kappa shape index (κ3) is 3.75. The fraction of sp³-hybridized carbons (Fsp3) is 0.261. The van der Waals surface area contributed by atoms with E-state index in [4.69, 9.17) is 14.1 Å². The summed E-state index contributed by atoms with van der Waals surface area (Å²) in [6.07, 6.45) is 3.69. The first-order valence-corrected chi connectivity index (χ1v) is 9.41. The lowest BCUT2D eigenvalue weighted by Crippen LogP contribution is -2.04. The van der Waals surface area contributed by atoms with Crippen molar-refractivity contribution in [1.82, 2.24) is 9.55 Å². The zero-order valence-electron chi connectivity index (χ0n) is 15.8. The van der Waals surface area contributed by atoms with Gasteiger partial charge in [-0.25, -0.2) is 4.98 Å². The van der Waals surface area contributed by atoms with Crippen LogP contribution in [0.3, 0.4) is 0 Å². The molecule has 0 amide bonds. The minimum atomic E-state index is 0.715. The lowest BCUT2D eigenvalue weighted by Gasteiger charge is -2.11. The van der Waals surface area contributed by atoms with E-state index in [2.05, 4.69) is 48.7 Å². The van der Waals surface area contributed by atoms with E-state index in [-0.39, 0.29) is 0 Å². The van der Waals surface area contributed by atoms with Gasteiger partial charge in [0, 0.05) is 6.54 Å². The van der Waals surface area contributed by atoms with E-state index in [1.165, 1.54) is 11.1 Å². The van der Waals surface area contributed by atoms with E-state index in [0.29, 0.717) is 6.61 Å². The molecule has 0 aliphatic heterocycles. The van der Waals surface area contributed by atoms with Crippen molar-refractivity contribution in [2.75, 3.05) is 6.61 Å². The van der Waals surface area contributed by atoms with Crippen molar-refractivity contribution in [3.8, 4) is 17.3 Å². The van der Waals surface area contributed by atoms with Gasteiger partial charge in [-0.15, -0.1) is 0 Å². The number of rotatable bonds is 7. The predicted octanol–water partition coefficient (Wildman–Crippen LogP) is 5.77. The van der Waals surface area contributed by atoms with Gasteiger partial charge >= 0.3 is 0 Å². The number of imidazole rings is 1. The fourth-order valence-corrected chi connectivity index (χ4v) is 3.41. The number of unbranched alkanes of at least 4 members (excludes halogenated alkanes) is 1. The van der Waals surface area contributed by atoms with E-state index in [0.717, 1.165) is 47.8 Å². The monoisotopic (exact) mass is 360 g/mol. The zero-order chi connectivity index (χ0) is 18.6. The second-order valence-corrected chi connectivity index (χ2v) is 6.88. The second kappa shape index (κ2) is 7.70. The minimum Gasteiger partial charge on any atom is -0.493 e. The van der Waals surface area contributed by atoms with Crippen molar-refractivity contribution < 1.29 is 9.15 Å². The van der Waals surface area contributed by atoms with Crippen LogP contribution in [0.25, 0.3) is 22.6 Å². The summed E-state index contributed by atoms with van der Waals surface area (Å²) in [5.41, 5.74) is 4.59. The minimum absolute atomic E-state index is 0.715. The molecule has 0 fully saturated rings. The lowest BCUT2D eigenvalue weighted by atomic mass is 10.1. The van der Waals surface area contributed by atoms with Crippen LogP contribution in [-0.2, 0) is 6.54 Å². The number of fused-ring (bicyclic) bond motifs is 1. The molecule has 2 aromatic heterocycles. The van der Waals surface area contributed by atoms with Gasteiger partial charge in [0.1, 0.15) is 5.75 Å². The topological polar surface area (TPSA) is 40.2 Å². The Morgan fingerprint density at radius 1 is 1.00 bits per heavy atom. The number of hydrogen-bond donors (Lipinski definition) is 0. The van der Waals surface area contributed by atoms with Gasteiger partial charge in [0.2, 0.25) is 0 Å². The Labute approximate surface area is 159 Å². The molecule has 0 saturated heterocycles. The molecule has 0 atom stereocenters. The maximum absolute atomic E-state index is 5.96. The molecule has 4 aromatic rings. The number of hydrogen-bond acceptors (Lipinski definition) is 3. The number of furan rings is 1. The van der Waals surface area contributed by atoms with Gasteiger partial charge in [-0.05, 0) is 62.6 Å². The van der Waals surface area contributed by atoms with Gasteiger partial charge in [0.05, 0.1) is 23.9 Å². The van der Waals surface area contributed by atoms with Gasteiger partial charge in [-0.3, -0.25) is 0 Å². The highest BCUT2D eigenvalue weighted by atomic mass is 16.5. The highest BCUT2D eigenvalue weighted by Crippen LogP contribution is 2.26. The van der Waals surface area contributed by atoms with Crippen LogP contribution < -0.4 is 4.74 Å². The van der Waals surface area contributed by atoms with Gasteiger partial charge in [0.25, 0.3) is 0 Å². The molecule has 4 heteroatoms. The first kappa shape index (κ1) is 17.4. The summed E-state index contributed by atoms with van der Waals surface area (Å²) in [7, 11) is 0. The zero-order valence-corrected chi connectivity index (χ0v) is 15.8. The van der Waals surface area contributed by atoms with Crippen molar-refractivity contribution in [2.24, 2.45) is 0 Å². The quantitative estimate of drug-likeness (QED) is 0.393. The summed E-state index contributed by atoms with van der Waals surface area (Å²) in [6, 6.07) is 18.4. The Bertz CT molecular complexity index is 1030. The lowest BCUT2D eigenvalue weighted by molar-refractivity contribution is 0.301. The van der Waals surface area contributed by atoms with Crippen LogP contribution >= 0.6 is 0 Å². The smallest absolute Gasteiger partial charge is 0.177 e. The molecule has 0 spiro atoms. The standard InChI is InChI=1S/C23H24N2O2/c1-17-11-12-21(18(2)16-17)26-14-6-5-13-25-20-9-4-3-8-19(20)24-23(25)22-10-7-15-27-22/h3-4,7-12,15-16H,5-6,13-14H2,1-2H3. The maximum atomic E-state index is 5.96. The van der Waals surface area contributed by atoms with Crippen molar-refractivity contribution in [3.63, 3.8) is 0 Å². The SMILES string of the molecule is Cc1ccc(OCCCCn2c(-c3ccco3)nc3ccccc32)c(C)c1. The summed E-state index contributed by atoms with van der Waals surface area (Å²) in [5.74, 6) is 2.67. The van der Waals surface area contributed by atoms with Crippen molar-refractivity contribution in [3.05, 3.63) is 72.0 Å². The molecule has 0 aliphatic rings. The van der Waals surface area contributed by atoms with Crippen LogP contribution in [0.15, 0.2) is 65.3 Å². The van der Waals surface area contributed by atoms with Gasteiger partial charge < -0.3 is 13.7 Å². The Hall–Kier alpha value is -3.01. The van der Waals surface area contributed by atoms with Crippen molar-refractivity contribution in [2.45, 2.75) is 33.2 Å². The molecule has 0 unspecified atom stereocenters. The highest BCUT2D eigenvalue weighted by molar-refractivity contribution is 5.79. The average Bonchev–Trinajstić information content (AvgIpc) is 3.31. The van der Waals surface area contributed by atoms with Crippen molar-refractivity contribution in [1.29, 1.82) is 0 Å². The molecule has 27 heavy (non-hydrogen) atoms. The summed E-state index contributed by atoms with van der Waals surface area (Å²) in [6.45, 7) is 5.79. The molecular weight excluding hydrogens is 336 g/mol. The molecule has 0 radical (unpaired) electrons. The van der Waals surface area contributed by atoms with Crippen LogP contribution in [0.5, 0.6) is 5.75 Å². The molecule has 2 heterocycles. The van der Waals surface area contributed by atoms with Crippen molar-refractivity contribution >= 4 is 11.0 Å². The molecule has 138 valence electrons. The fourth-order valence-electron chi connectivity index (χ4n) is 3.41. The molecule has 4 rings (SSSR count). The first-order chi connectivity index (χ1) is 13.2. The normalized spacial score (nSPS) is 11.2. The van der Waals surface area contributed by atoms with E-state index in [1.807, 2.05) is 24.3 Å². The molecule has 0 aliphatic carbocycles. The summed E-state index contributed by atoms with van der Waals surface area (Å²) < 4.78 is 13.8. The van der Waals surface area contributed by atoms with Gasteiger partial charge in [0.15, 0.2) is 11.6 Å². The predicted molar refractivity (Wildman–Crippen MR) is 108 cm³/mol. The average molecular weight is 360 g/mol. The molecule has 0 saturated carbocycles. The molecule has 0 N–H and O–H groups in total. The summed E-state index contributed by atoms with van der Waals surface area (Å²) in [5, 5.41) is 0. The third-order valence-corrected chi connectivity index (χ3v) is 4.76. The number of para-hydroxylation sites is 2. The number of nitrogens with zero attached hydrogens (tertiary/aromatic N) is 2. The highest BCUT2D eigenvalue weighted by Gasteiger charge is 2.14. The number of benzene rings is 2. The largest absolute Gasteiger partial charge is 0.493 e. The van der Waals surface area contributed by atoms with Crippen LogP contribution in [0.4, 0.5) is 0 Å². The first-order valence-electron chi connectivity index (χ1n) is 9.41. The van der Waals surface area contributed by atoms with Gasteiger partial charge in [-0.2, -0.15) is 0 Å². The number of aryl methyl sites for hydroxylation is 3.